The van der Waals surface area contributed by atoms with Gasteiger partial charge < -0.3 is 43.8 Å². The summed E-state index contributed by atoms with van der Waals surface area (Å²) in [5, 5.41) is 11.2. The van der Waals surface area contributed by atoms with Crippen LogP contribution < -0.4 is 38.9 Å². The fraction of sp³-hybridized carbons (Fsp3) is 0.467. The maximum Gasteiger partial charge on any atom is 0.220 e. The second kappa shape index (κ2) is 74.7. The molecule has 11 rings (SSSR count). The molecule has 0 unspecified atom stereocenters. The normalized spacial score (nSPS) is 11.0. The van der Waals surface area contributed by atoms with Gasteiger partial charge in [-0.2, -0.15) is 0 Å². The van der Waals surface area contributed by atoms with E-state index in [0.29, 0.717) is 117 Å². The van der Waals surface area contributed by atoms with Crippen molar-refractivity contribution in [3.63, 3.8) is 0 Å². The first-order valence-corrected chi connectivity index (χ1v) is 57.8. The number of nitrogens with one attached hydrogen (secondary N) is 3. The Morgan fingerprint density at radius 3 is 0.823 bits per heavy atom. The molecule has 24 nitrogen and oxygen atoms in total. The first-order valence-electron chi connectivity index (χ1n) is 47.8. The zero-order chi connectivity index (χ0) is 111. The number of hydrogen-bond donors (Lipinski definition) is 7. The van der Waals surface area contributed by atoms with Gasteiger partial charge in [0.05, 0.1) is 59.3 Å². The summed E-state index contributed by atoms with van der Waals surface area (Å²) < 4.78 is 39.4. The lowest BCUT2D eigenvalue weighted by molar-refractivity contribution is -0.121. The molecule has 0 aliphatic carbocycles. The molecule has 10 aromatic heterocycles. The number of amides is 5. The number of likely N-dealkylation sites (tertiary alicyclic amines) is 1. The quantitative estimate of drug-likeness (QED) is 0.0137. The molecule has 11 N–H and O–H groups in total. The highest BCUT2D eigenvalue weighted by molar-refractivity contribution is 7.17. The monoisotopic (exact) mass is 2320 g/mol. The van der Waals surface area contributed by atoms with Gasteiger partial charge in [-0.3, -0.25) is 76.7 Å². The molecule has 10 aromatic rings. The number of rotatable bonds is 49. The smallest absolute Gasteiger partial charge is 0.220 e. The lowest BCUT2D eigenvalue weighted by Crippen LogP contribution is -2.20. The number of Topliss-reactive ketones (excluding diaryl/α,β-unsaturated/α-hetero) is 11. The zero-order valence-corrected chi connectivity index (χ0v) is 97.8. The van der Waals surface area contributed by atoms with Crippen LogP contribution in [0, 0.1) is 86.7 Å². The molecule has 0 spiro atoms. The lowest BCUT2D eigenvalue weighted by atomic mass is 10.1. The van der Waals surface area contributed by atoms with Gasteiger partial charge in [0.1, 0.15) is 37.9 Å². The van der Waals surface area contributed by atoms with Crippen molar-refractivity contribution in [3.8, 4) is 0 Å². The summed E-state index contributed by atoms with van der Waals surface area (Å²) >= 11 is 43.3. The van der Waals surface area contributed by atoms with E-state index in [0.717, 1.165) is 143 Å². The zero-order valence-electron chi connectivity index (χ0n) is 85.9. The third kappa shape index (κ3) is 56.7. The number of hydrogen-bond acceptors (Lipinski definition) is 29. The van der Waals surface area contributed by atoms with Gasteiger partial charge in [-0.25, -0.2) is 13.2 Å². The molecule has 1 fully saturated rings. The standard InChI is InChI=1S/C13H18ClNOS.C12H17ClOS.C12H16O2S.C10H12ClNO2S.C10H14ClNOS.C10H12FNO2S.C10H14FNOS.C10H13NO2S.C9H10ClNO2S.C9H10FNO2S/c1-10-9-11(14)13(17-10)12(16)5-4-8-15-6-2-3-7-15;1-3-4-5-6-7-11(14)12-10(13)8-9(2)15-12;1-3-10(13)5-4-6-11(14)12-8-7-9(2)15-12;1-6-5-7(11)10(15-6)8(13)3-2-4-9(12)14;1-7-6-8(11)10(14-7)9(13)4-3-5-12-2;1-6-5-7(11)10(15-6)8(13)3-4-9(14)12-2;1-7-6-8(11)10(14-7)9(13)4-3-5-12-2;1-7-5-6-9(14-7)8(12)3-2-4-10(11)13;2*1-5-4-6(10)9(14-5)7(12)2-3-8(11)13/h9H,2-8H2,1H3;8H,3-7H2,1-2H3;7-8H,3-6H2,1-2H3;5H,2-4H2,1H3,(H2,12,14);6,12H,3-5H2,1-2H3;5H,3-4H2,1-2H3,(H,12,14);6,12H,3-5H2,1-2H3;5-6H,2-4H2,1H3,(H2,11,13);2*4H,2-3H2,1H3,(H2,11,13). The van der Waals surface area contributed by atoms with E-state index >= 15 is 0 Å². The van der Waals surface area contributed by atoms with Gasteiger partial charge in [-0.1, -0.05) is 91.1 Å². The predicted molar refractivity (Wildman–Crippen MR) is 604 cm³/mol. The van der Waals surface area contributed by atoms with Crippen LogP contribution in [0.2, 0.25) is 25.1 Å². The third-order valence-corrected chi connectivity index (χ3v) is 33.3. The van der Waals surface area contributed by atoms with Crippen LogP contribution in [0.5, 0.6) is 0 Å². The summed E-state index contributed by atoms with van der Waals surface area (Å²) in [6, 6.07) is 20.7. The number of primary amides is 4. The summed E-state index contributed by atoms with van der Waals surface area (Å²) in [6.07, 6.45) is 16.9. The van der Waals surface area contributed by atoms with Crippen molar-refractivity contribution < 1.29 is 89.9 Å². The van der Waals surface area contributed by atoms with E-state index in [-0.39, 0.29) is 153 Å². The Morgan fingerprint density at radius 2 is 0.558 bits per heavy atom. The highest BCUT2D eigenvalue weighted by Crippen LogP contribution is 2.35. The van der Waals surface area contributed by atoms with Crippen molar-refractivity contribution in [2.24, 2.45) is 22.9 Å². The molecule has 0 aromatic carbocycles. The Morgan fingerprint density at radius 1 is 0.293 bits per heavy atom. The molecule has 0 atom stereocenters. The number of carbonyl (C=O) groups is 16. The van der Waals surface area contributed by atoms with Crippen molar-refractivity contribution in [3.05, 3.63) is 213 Å². The van der Waals surface area contributed by atoms with Crippen LogP contribution in [-0.4, -0.2) is 152 Å². The molecule has 5 amide bonds. The van der Waals surface area contributed by atoms with Gasteiger partial charge in [-0.15, -0.1) is 113 Å². The van der Waals surface area contributed by atoms with Gasteiger partial charge in [-0.05, 0) is 247 Å². The largest absolute Gasteiger partial charge is 0.370 e. The molecule has 0 bridgehead atoms. The van der Waals surface area contributed by atoms with E-state index in [1.807, 2.05) is 112 Å². The summed E-state index contributed by atoms with van der Waals surface area (Å²) in [5.74, 6) is -3.15. The van der Waals surface area contributed by atoms with E-state index in [4.69, 9.17) is 80.9 Å². The maximum absolute atomic E-state index is 13.2. The van der Waals surface area contributed by atoms with Crippen molar-refractivity contribution in [1.29, 1.82) is 0 Å². The highest BCUT2D eigenvalue weighted by atomic mass is 35.5. The van der Waals surface area contributed by atoms with Crippen LogP contribution in [0.3, 0.4) is 0 Å². The third-order valence-electron chi connectivity index (χ3n) is 20.5. The van der Waals surface area contributed by atoms with E-state index in [2.05, 4.69) is 27.8 Å². The van der Waals surface area contributed by atoms with Crippen LogP contribution >= 0.6 is 171 Å². The van der Waals surface area contributed by atoms with Gasteiger partial charge in [0.15, 0.2) is 57.8 Å². The van der Waals surface area contributed by atoms with Crippen molar-refractivity contribution in [1.82, 2.24) is 20.9 Å². The number of nitrogens with two attached hydrogens (primary N) is 4. The topological polar surface area (TPSA) is 417 Å². The van der Waals surface area contributed by atoms with E-state index in [1.54, 1.807) is 32.9 Å². The minimum absolute atomic E-state index is 0.0145. The van der Waals surface area contributed by atoms with Gasteiger partial charge in [0, 0.05) is 165 Å². The Labute approximate surface area is 925 Å². The Kier molecular flexibility index (Phi) is 68.6. The Hall–Kier alpha value is -8.16. The summed E-state index contributed by atoms with van der Waals surface area (Å²) in [7, 11) is 5.22. The number of halogens is 8. The minimum Gasteiger partial charge on any atom is -0.370 e. The molecule has 147 heavy (non-hydrogen) atoms. The SMILES string of the molecule is CCC(=O)CCCC(=O)c1ccc(C)s1.CCCCCCC(=O)c1sc(C)cc1Cl.CNC(=O)CCC(=O)c1sc(C)cc1F.CNCCCC(=O)c1sc(C)cc1Cl.CNCCCC(=O)c1sc(C)cc1F.Cc1cc(Cl)c(C(=O)CCC(N)=O)s1.Cc1cc(Cl)c(C(=O)CCCC(N)=O)s1.Cc1cc(Cl)c(C(=O)CCCN2CCCC2)s1.Cc1cc(F)c(C(=O)CCC(N)=O)s1.Cc1ccc(C(=O)CCCC(N)=O)s1. The molecule has 0 saturated carbocycles. The van der Waals surface area contributed by atoms with Gasteiger partial charge >= 0.3 is 0 Å². The summed E-state index contributed by atoms with van der Waals surface area (Å²) in [6.45, 7) is 28.0. The number of ketones is 11. The van der Waals surface area contributed by atoms with Crippen LogP contribution in [0.15, 0.2) is 72.8 Å². The van der Waals surface area contributed by atoms with Crippen molar-refractivity contribution >= 4 is 265 Å². The number of nitrogens with zero attached hydrogens (tertiary/aromatic N) is 1. The molecular formula is C105H136Cl5F3N8O16S10. The fourth-order valence-electron chi connectivity index (χ4n) is 13.0. The Bertz CT molecular complexity index is 5800. The van der Waals surface area contributed by atoms with E-state index in [1.165, 1.54) is 155 Å². The molecule has 11 heterocycles. The van der Waals surface area contributed by atoms with Crippen LogP contribution in [-0.2, 0) is 28.8 Å². The predicted octanol–water partition coefficient (Wildman–Crippen LogP) is 27.4. The molecule has 1 saturated heterocycles. The van der Waals surface area contributed by atoms with Crippen molar-refractivity contribution in [2.45, 2.75) is 269 Å². The highest BCUT2D eigenvalue weighted by Gasteiger charge is 2.24. The summed E-state index contributed by atoms with van der Waals surface area (Å²) in [5.41, 5.74) is 19.8. The first-order chi connectivity index (χ1) is 69.4. The van der Waals surface area contributed by atoms with Crippen molar-refractivity contribution in [2.75, 3.05) is 53.9 Å². The van der Waals surface area contributed by atoms with E-state index in [9.17, 15) is 89.9 Å². The summed E-state index contributed by atoms with van der Waals surface area (Å²) in [4.78, 5) is 197. The molecule has 0 radical (unpaired) electrons. The molecule has 1 aliphatic rings. The lowest BCUT2D eigenvalue weighted by Gasteiger charge is -2.13. The number of unbranched alkanes of at least 4 members (excludes halogenated alkanes) is 3. The minimum atomic E-state index is -0.549. The second-order valence-electron chi connectivity index (χ2n) is 33.7. The first kappa shape index (κ1) is 135. The molecule has 42 heteroatoms. The molecule has 1 aliphatic heterocycles. The maximum atomic E-state index is 13.2. The van der Waals surface area contributed by atoms with Gasteiger partial charge in [0.25, 0.3) is 0 Å². The average molecular weight is 2320 g/mol. The molecular weight excluding hydrogens is 2180 g/mol. The average Bonchev–Trinajstić information content (AvgIpc) is 1.75. The number of aryl methyl sites for hydroxylation is 10. The second-order valence-corrected chi connectivity index (χ2v) is 48.4. The Balaban J connectivity index is 0.000000552. The van der Waals surface area contributed by atoms with Crippen LogP contribution in [0.1, 0.15) is 346 Å². The number of carbonyl (C=O) groups excluding carboxylic acids is 16. The fourth-order valence-corrected chi connectivity index (χ4v) is 23.9. The van der Waals surface area contributed by atoms with E-state index < -0.39 is 23.4 Å². The van der Waals surface area contributed by atoms with Crippen LogP contribution in [0.4, 0.5) is 13.2 Å². The number of thiophene rings is 10. The van der Waals surface area contributed by atoms with Gasteiger partial charge in [0.2, 0.25) is 29.5 Å². The van der Waals surface area contributed by atoms with Crippen LogP contribution in [0.25, 0.3) is 0 Å². The molecule has 808 valence electrons.